The van der Waals surface area contributed by atoms with Gasteiger partial charge in [0.15, 0.2) is 0 Å². The number of nitrogens with zero attached hydrogens (tertiary/aromatic N) is 1. The summed E-state index contributed by atoms with van der Waals surface area (Å²) in [6, 6.07) is 6.42. The van der Waals surface area contributed by atoms with Crippen LogP contribution in [0.2, 0.25) is 0 Å². The van der Waals surface area contributed by atoms with E-state index in [1.165, 1.54) is 16.8 Å². The van der Waals surface area contributed by atoms with Gasteiger partial charge in [-0.05, 0) is 38.0 Å². The molecule has 0 unspecified atom stereocenters. The number of hydrogen-bond acceptors (Lipinski definition) is 2. The molecule has 2 nitrogen and oxygen atoms in total. The minimum absolute atomic E-state index is 0.210. The number of rotatable bonds is 4. The van der Waals surface area contributed by atoms with Crippen LogP contribution in [0.25, 0.3) is 0 Å². The first-order chi connectivity index (χ1) is 6.69. The molecule has 1 N–H and O–H groups in total. The largest absolute Gasteiger partial charge is 0.395 e. The van der Waals surface area contributed by atoms with E-state index >= 15 is 0 Å². The lowest BCUT2D eigenvalue weighted by Crippen LogP contribution is -2.26. The van der Waals surface area contributed by atoms with Gasteiger partial charge in [0.2, 0.25) is 0 Å². The van der Waals surface area contributed by atoms with Crippen molar-refractivity contribution in [2.75, 3.05) is 24.6 Å². The van der Waals surface area contributed by atoms with Gasteiger partial charge in [0.05, 0.1) is 6.61 Å². The van der Waals surface area contributed by atoms with E-state index in [1.54, 1.807) is 0 Å². The van der Waals surface area contributed by atoms with Gasteiger partial charge in [-0.15, -0.1) is 0 Å². The number of anilines is 1. The van der Waals surface area contributed by atoms with Crippen LogP contribution in [0.15, 0.2) is 18.2 Å². The Hall–Kier alpha value is -1.02. The van der Waals surface area contributed by atoms with Crippen molar-refractivity contribution in [2.45, 2.75) is 20.8 Å². The number of aryl methyl sites for hydroxylation is 2. The summed E-state index contributed by atoms with van der Waals surface area (Å²) in [6.45, 7) is 8.16. The molecule has 0 bridgehead atoms. The molecule has 14 heavy (non-hydrogen) atoms. The van der Waals surface area contributed by atoms with Gasteiger partial charge >= 0.3 is 0 Å². The highest BCUT2D eigenvalue weighted by molar-refractivity contribution is 5.54. The smallest absolute Gasteiger partial charge is 0.0606 e. The minimum atomic E-state index is 0.210. The summed E-state index contributed by atoms with van der Waals surface area (Å²) >= 11 is 0. The topological polar surface area (TPSA) is 23.5 Å². The molecule has 1 rings (SSSR count). The zero-order chi connectivity index (χ0) is 10.6. The lowest BCUT2D eigenvalue weighted by atomic mass is 10.1. The van der Waals surface area contributed by atoms with Gasteiger partial charge in [-0.25, -0.2) is 0 Å². The van der Waals surface area contributed by atoms with Crippen LogP contribution in [-0.4, -0.2) is 24.8 Å². The van der Waals surface area contributed by atoms with Crippen LogP contribution in [0, 0.1) is 13.8 Å². The van der Waals surface area contributed by atoms with Crippen molar-refractivity contribution in [3.63, 3.8) is 0 Å². The summed E-state index contributed by atoms with van der Waals surface area (Å²) < 4.78 is 0. The normalized spacial score (nSPS) is 10.3. The van der Waals surface area contributed by atoms with E-state index in [0.29, 0.717) is 6.54 Å². The maximum atomic E-state index is 8.95. The molecule has 0 heterocycles. The fourth-order valence-corrected chi connectivity index (χ4v) is 1.63. The van der Waals surface area contributed by atoms with Crippen LogP contribution in [0.1, 0.15) is 18.1 Å². The predicted octanol–water partition coefficient (Wildman–Crippen LogP) is 2.12. The Balaban J connectivity index is 2.96. The average molecular weight is 193 g/mol. The quantitative estimate of drug-likeness (QED) is 0.791. The van der Waals surface area contributed by atoms with Crippen molar-refractivity contribution < 1.29 is 5.11 Å². The van der Waals surface area contributed by atoms with Gasteiger partial charge in [0.25, 0.3) is 0 Å². The van der Waals surface area contributed by atoms with Crippen LogP contribution < -0.4 is 4.90 Å². The zero-order valence-electron chi connectivity index (χ0n) is 9.25. The van der Waals surface area contributed by atoms with E-state index in [-0.39, 0.29) is 6.61 Å². The highest BCUT2D eigenvalue weighted by Gasteiger charge is 2.06. The monoisotopic (exact) mass is 193 g/mol. The van der Waals surface area contributed by atoms with Gasteiger partial charge in [0.1, 0.15) is 0 Å². The molecule has 0 saturated heterocycles. The summed E-state index contributed by atoms with van der Waals surface area (Å²) in [5.41, 5.74) is 3.77. The maximum Gasteiger partial charge on any atom is 0.0606 e. The van der Waals surface area contributed by atoms with Gasteiger partial charge in [-0.2, -0.15) is 0 Å². The van der Waals surface area contributed by atoms with Crippen molar-refractivity contribution in [1.29, 1.82) is 0 Å². The molecule has 0 aliphatic rings. The third-order valence-electron chi connectivity index (χ3n) is 2.46. The fraction of sp³-hybridized carbons (Fsp3) is 0.500. The Labute approximate surface area is 86.2 Å². The maximum absolute atomic E-state index is 8.95. The zero-order valence-corrected chi connectivity index (χ0v) is 9.25. The second-order valence-electron chi connectivity index (χ2n) is 3.59. The lowest BCUT2D eigenvalue weighted by Gasteiger charge is -2.24. The van der Waals surface area contributed by atoms with Gasteiger partial charge < -0.3 is 10.0 Å². The molecule has 0 aliphatic carbocycles. The third-order valence-corrected chi connectivity index (χ3v) is 2.46. The van der Waals surface area contributed by atoms with E-state index in [4.69, 9.17) is 5.11 Å². The highest BCUT2D eigenvalue weighted by atomic mass is 16.3. The van der Waals surface area contributed by atoms with E-state index in [0.717, 1.165) is 6.54 Å². The van der Waals surface area contributed by atoms with Crippen molar-refractivity contribution in [1.82, 2.24) is 0 Å². The molecule has 0 amide bonds. The first kappa shape index (κ1) is 11.1. The van der Waals surface area contributed by atoms with E-state index in [1.807, 2.05) is 0 Å². The molecule has 0 radical (unpaired) electrons. The fourth-order valence-electron chi connectivity index (χ4n) is 1.63. The molecule has 78 valence electrons. The molecule has 1 aromatic carbocycles. The average Bonchev–Trinajstić information content (AvgIpc) is 2.18. The molecule has 0 atom stereocenters. The van der Waals surface area contributed by atoms with Crippen molar-refractivity contribution in [3.05, 3.63) is 29.3 Å². The first-order valence-electron chi connectivity index (χ1n) is 5.12. The van der Waals surface area contributed by atoms with Crippen LogP contribution in [0.4, 0.5) is 5.69 Å². The first-order valence-corrected chi connectivity index (χ1v) is 5.12. The Morgan fingerprint density at radius 1 is 1.29 bits per heavy atom. The van der Waals surface area contributed by atoms with E-state index in [2.05, 4.69) is 43.9 Å². The number of aliphatic hydroxyl groups is 1. The Kier molecular flexibility index (Phi) is 3.96. The van der Waals surface area contributed by atoms with Crippen LogP contribution in [0.5, 0.6) is 0 Å². The molecule has 0 aliphatic heterocycles. The van der Waals surface area contributed by atoms with Crippen molar-refractivity contribution in [2.24, 2.45) is 0 Å². The highest BCUT2D eigenvalue weighted by Crippen LogP contribution is 2.20. The number of benzene rings is 1. The SMILES string of the molecule is CCN(CCO)c1cc(C)ccc1C. The molecular formula is C12H19NO. The molecule has 1 aromatic rings. The van der Waals surface area contributed by atoms with E-state index in [9.17, 15) is 0 Å². The van der Waals surface area contributed by atoms with Gasteiger partial charge in [-0.3, -0.25) is 0 Å². The third kappa shape index (κ3) is 2.48. The summed E-state index contributed by atoms with van der Waals surface area (Å²) in [6.07, 6.45) is 0. The second kappa shape index (κ2) is 5.01. The number of likely N-dealkylation sites (N-methyl/N-ethyl adjacent to an activating group) is 1. The number of hydrogen-bond donors (Lipinski definition) is 1. The molecule has 0 saturated carbocycles. The predicted molar refractivity (Wildman–Crippen MR) is 60.9 cm³/mol. The molecule has 0 fully saturated rings. The Bertz CT molecular complexity index is 296. The number of aliphatic hydroxyl groups excluding tert-OH is 1. The summed E-state index contributed by atoms with van der Waals surface area (Å²) in [5, 5.41) is 8.95. The summed E-state index contributed by atoms with van der Waals surface area (Å²) in [4.78, 5) is 2.20. The molecular weight excluding hydrogens is 174 g/mol. The molecule has 0 aromatic heterocycles. The standard InChI is InChI=1S/C12H19NO/c1-4-13(7-8-14)12-9-10(2)5-6-11(12)3/h5-6,9,14H,4,7-8H2,1-3H3. The minimum Gasteiger partial charge on any atom is -0.395 e. The Morgan fingerprint density at radius 2 is 2.00 bits per heavy atom. The van der Waals surface area contributed by atoms with Gasteiger partial charge in [0, 0.05) is 18.8 Å². The van der Waals surface area contributed by atoms with E-state index < -0.39 is 0 Å². The van der Waals surface area contributed by atoms with Crippen LogP contribution in [0.3, 0.4) is 0 Å². The van der Waals surface area contributed by atoms with Crippen LogP contribution >= 0.6 is 0 Å². The van der Waals surface area contributed by atoms with Gasteiger partial charge in [-0.1, -0.05) is 12.1 Å². The molecule has 2 heteroatoms. The molecule has 0 spiro atoms. The van der Waals surface area contributed by atoms with Crippen molar-refractivity contribution in [3.8, 4) is 0 Å². The lowest BCUT2D eigenvalue weighted by molar-refractivity contribution is 0.302. The van der Waals surface area contributed by atoms with Crippen LogP contribution in [-0.2, 0) is 0 Å². The summed E-state index contributed by atoms with van der Waals surface area (Å²) in [7, 11) is 0. The summed E-state index contributed by atoms with van der Waals surface area (Å²) in [5.74, 6) is 0. The Morgan fingerprint density at radius 3 is 2.57 bits per heavy atom. The van der Waals surface area contributed by atoms with Crippen molar-refractivity contribution >= 4 is 5.69 Å². The second-order valence-corrected chi connectivity index (χ2v) is 3.59.